The molecular weight excluding hydrogens is 354 g/mol. The predicted octanol–water partition coefficient (Wildman–Crippen LogP) is 3.30. The van der Waals surface area contributed by atoms with E-state index in [1.54, 1.807) is 11.8 Å². The molecule has 2 rings (SSSR count). The van der Waals surface area contributed by atoms with Crippen LogP contribution in [0.2, 0.25) is 0 Å². The summed E-state index contributed by atoms with van der Waals surface area (Å²) in [5.74, 6) is -0.00419. The zero-order valence-corrected chi connectivity index (χ0v) is 14.0. The lowest BCUT2D eigenvalue weighted by molar-refractivity contribution is -0.142. The Bertz CT molecular complexity index is 502. The van der Waals surface area contributed by atoms with Crippen molar-refractivity contribution in [3.8, 4) is 0 Å². The van der Waals surface area contributed by atoms with Crippen LogP contribution < -0.4 is 5.32 Å². The number of carbonyl (C=O) groups is 2. The number of benzene rings is 1. The molecule has 1 aliphatic rings. The highest BCUT2D eigenvalue weighted by atomic mass is 79.9. The molecule has 0 spiro atoms. The van der Waals surface area contributed by atoms with Gasteiger partial charge in [0.25, 0.3) is 0 Å². The summed E-state index contributed by atoms with van der Waals surface area (Å²) in [6.07, 6.45) is 3.05. The van der Waals surface area contributed by atoms with Gasteiger partial charge in [0.05, 0.1) is 0 Å². The number of thioether (sulfide) groups is 1. The maximum absolute atomic E-state index is 11.8. The van der Waals surface area contributed by atoms with Gasteiger partial charge >= 0.3 is 5.97 Å². The highest BCUT2D eigenvalue weighted by molar-refractivity contribution is 9.10. The number of carbonyl (C=O) groups excluding carboxylic acids is 1. The van der Waals surface area contributed by atoms with Gasteiger partial charge in [0.1, 0.15) is 6.04 Å². The lowest BCUT2D eigenvalue weighted by atomic mass is 10.1. The Hall–Kier alpha value is -1.01. The van der Waals surface area contributed by atoms with Crippen LogP contribution in [0.15, 0.2) is 33.6 Å². The van der Waals surface area contributed by atoms with Crippen LogP contribution in [0.5, 0.6) is 0 Å². The van der Waals surface area contributed by atoms with Gasteiger partial charge in [0.15, 0.2) is 0 Å². The molecule has 114 valence electrons. The summed E-state index contributed by atoms with van der Waals surface area (Å²) < 4.78 is 1.02. The van der Waals surface area contributed by atoms with Gasteiger partial charge in [-0.15, -0.1) is 11.8 Å². The van der Waals surface area contributed by atoms with Gasteiger partial charge < -0.3 is 10.4 Å². The minimum Gasteiger partial charge on any atom is -0.480 e. The fourth-order valence-corrected chi connectivity index (χ4v) is 3.08. The second kappa shape index (κ2) is 7.84. The van der Waals surface area contributed by atoms with Crippen molar-refractivity contribution in [2.75, 3.05) is 5.75 Å². The quantitative estimate of drug-likeness (QED) is 0.688. The van der Waals surface area contributed by atoms with Crippen LogP contribution in [-0.4, -0.2) is 28.8 Å². The zero-order valence-electron chi connectivity index (χ0n) is 11.5. The van der Waals surface area contributed by atoms with Crippen LogP contribution in [-0.2, 0) is 9.59 Å². The molecule has 1 amide bonds. The molecule has 2 N–H and O–H groups in total. The van der Waals surface area contributed by atoms with Crippen molar-refractivity contribution in [2.24, 2.45) is 5.92 Å². The zero-order chi connectivity index (χ0) is 15.2. The van der Waals surface area contributed by atoms with E-state index in [0.29, 0.717) is 24.5 Å². The molecule has 0 bridgehead atoms. The van der Waals surface area contributed by atoms with E-state index < -0.39 is 12.0 Å². The number of hydrogen-bond donors (Lipinski definition) is 2. The van der Waals surface area contributed by atoms with Crippen LogP contribution >= 0.6 is 27.7 Å². The van der Waals surface area contributed by atoms with Crippen molar-refractivity contribution in [3.63, 3.8) is 0 Å². The average molecular weight is 372 g/mol. The Morgan fingerprint density at radius 2 is 2.00 bits per heavy atom. The molecule has 1 atom stereocenters. The van der Waals surface area contributed by atoms with E-state index >= 15 is 0 Å². The summed E-state index contributed by atoms with van der Waals surface area (Å²) >= 11 is 4.96. The van der Waals surface area contributed by atoms with Gasteiger partial charge in [-0.2, -0.15) is 0 Å². The number of rotatable bonds is 8. The van der Waals surface area contributed by atoms with Gasteiger partial charge in [-0.1, -0.05) is 28.8 Å². The third-order valence-corrected chi connectivity index (χ3v) is 4.85. The molecular formula is C15H18BrNO3S. The SMILES string of the molecule is O=C(CCSc1ccc(Br)cc1)NC(CC1CC1)C(=O)O. The number of hydrogen-bond acceptors (Lipinski definition) is 3. The summed E-state index contributed by atoms with van der Waals surface area (Å²) in [5, 5.41) is 11.7. The first-order valence-corrected chi connectivity index (χ1v) is 8.73. The van der Waals surface area contributed by atoms with E-state index in [9.17, 15) is 9.59 Å². The molecule has 1 aromatic rings. The highest BCUT2D eigenvalue weighted by Crippen LogP contribution is 2.33. The van der Waals surface area contributed by atoms with Gasteiger partial charge in [-0.05, 0) is 36.6 Å². The first-order chi connectivity index (χ1) is 10.0. The predicted molar refractivity (Wildman–Crippen MR) is 86.4 cm³/mol. The van der Waals surface area contributed by atoms with E-state index in [2.05, 4.69) is 21.2 Å². The van der Waals surface area contributed by atoms with Crippen molar-refractivity contribution in [3.05, 3.63) is 28.7 Å². The molecule has 1 unspecified atom stereocenters. The van der Waals surface area contributed by atoms with Gasteiger partial charge in [-0.25, -0.2) is 4.79 Å². The minimum absolute atomic E-state index is 0.187. The van der Waals surface area contributed by atoms with E-state index in [-0.39, 0.29) is 5.91 Å². The standard InChI is InChI=1S/C15H18BrNO3S/c16-11-3-5-12(6-4-11)21-8-7-14(18)17-13(15(19)20)9-10-1-2-10/h3-6,10,13H,1-2,7-9H2,(H,17,18)(H,19,20). The average Bonchev–Trinajstić information content (AvgIpc) is 3.24. The third-order valence-electron chi connectivity index (χ3n) is 3.31. The molecule has 0 saturated heterocycles. The molecule has 6 heteroatoms. The van der Waals surface area contributed by atoms with E-state index in [4.69, 9.17) is 5.11 Å². The number of carboxylic acid groups (broad SMARTS) is 1. The fourth-order valence-electron chi connectivity index (χ4n) is 1.97. The van der Waals surface area contributed by atoms with Crippen LogP contribution in [0.1, 0.15) is 25.7 Å². The van der Waals surface area contributed by atoms with Crippen molar-refractivity contribution in [1.82, 2.24) is 5.32 Å². The third kappa shape index (κ3) is 6.09. The van der Waals surface area contributed by atoms with Crippen molar-refractivity contribution in [1.29, 1.82) is 0 Å². The van der Waals surface area contributed by atoms with Crippen molar-refractivity contribution in [2.45, 2.75) is 36.6 Å². The normalized spacial score (nSPS) is 15.5. The van der Waals surface area contributed by atoms with E-state index in [1.807, 2.05) is 24.3 Å². The summed E-state index contributed by atoms with van der Waals surface area (Å²) in [5.41, 5.74) is 0. The molecule has 0 heterocycles. The molecule has 0 aliphatic heterocycles. The van der Waals surface area contributed by atoms with Crippen LogP contribution in [0.3, 0.4) is 0 Å². The number of halogens is 1. The molecule has 4 nitrogen and oxygen atoms in total. The Morgan fingerprint density at radius 1 is 1.33 bits per heavy atom. The van der Waals surface area contributed by atoms with Crippen molar-refractivity contribution >= 4 is 39.6 Å². The first kappa shape index (κ1) is 16.4. The molecule has 1 aromatic carbocycles. The highest BCUT2D eigenvalue weighted by Gasteiger charge is 2.29. The van der Waals surface area contributed by atoms with Gasteiger partial charge in [-0.3, -0.25) is 4.79 Å². The van der Waals surface area contributed by atoms with E-state index in [1.165, 1.54) is 0 Å². The Kier molecular flexibility index (Phi) is 6.11. The second-order valence-corrected chi connectivity index (χ2v) is 7.27. The number of amides is 1. The number of aliphatic carboxylic acids is 1. The monoisotopic (exact) mass is 371 g/mol. The second-order valence-electron chi connectivity index (χ2n) is 5.19. The summed E-state index contributed by atoms with van der Waals surface area (Å²) in [7, 11) is 0. The molecule has 21 heavy (non-hydrogen) atoms. The number of nitrogens with one attached hydrogen (secondary N) is 1. The number of carboxylic acids is 1. The summed E-state index contributed by atoms with van der Waals surface area (Å²) in [6.45, 7) is 0. The largest absolute Gasteiger partial charge is 0.480 e. The smallest absolute Gasteiger partial charge is 0.326 e. The van der Waals surface area contributed by atoms with Crippen LogP contribution in [0.25, 0.3) is 0 Å². The Morgan fingerprint density at radius 3 is 2.57 bits per heavy atom. The van der Waals surface area contributed by atoms with Crippen molar-refractivity contribution < 1.29 is 14.7 Å². The van der Waals surface area contributed by atoms with E-state index in [0.717, 1.165) is 22.2 Å². The molecule has 0 radical (unpaired) electrons. The maximum Gasteiger partial charge on any atom is 0.326 e. The Labute approximate surface area is 136 Å². The van der Waals surface area contributed by atoms with Crippen LogP contribution in [0.4, 0.5) is 0 Å². The minimum atomic E-state index is -0.934. The summed E-state index contributed by atoms with van der Waals surface area (Å²) in [4.78, 5) is 24.0. The van der Waals surface area contributed by atoms with Gasteiger partial charge in [0, 0.05) is 21.5 Å². The molecule has 1 aliphatic carbocycles. The molecule has 1 saturated carbocycles. The van der Waals surface area contributed by atoms with Crippen LogP contribution in [0, 0.1) is 5.92 Å². The molecule has 1 fully saturated rings. The first-order valence-electron chi connectivity index (χ1n) is 6.95. The van der Waals surface area contributed by atoms with Gasteiger partial charge in [0.2, 0.25) is 5.91 Å². The fraction of sp³-hybridized carbons (Fsp3) is 0.467. The lowest BCUT2D eigenvalue weighted by Gasteiger charge is -2.13. The lowest BCUT2D eigenvalue weighted by Crippen LogP contribution is -2.41. The Balaban J connectivity index is 1.70. The maximum atomic E-state index is 11.8. The topological polar surface area (TPSA) is 66.4 Å². The molecule has 0 aromatic heterocycles. The summed E-state index contributed by atoms with van der Waals surface area (Å²) in [6, 6.07) is 7.15.